The van der Waals surface area contributed by atoms with Gasteiger partial charge < -0.3 is 5.32 Å². The summed E-state index contributed by atoms with van der Waals surface area (Å²) in [5.74, 6) is 1.79. The average Bonchev–Trinajstić information content (AvgIpc) is 2.32. The van der Waals surface area contributed by atoms with Crippen LogP contribution in [0.15, 0.2) is 12.1 Å². The standard InChI is InChI=1S/C11H8Cl2N2O3/c1-2-3-4-14-11(16)8-5-7(15(17)18)6-9(12)10(8)13/h1,5-6H,3-4H2,(H,14,16). The summed E-state index contributed by atoms with van der Waals surface area (Å²) in [6.07, 6.45) is 5.39. The zero-order valence-electron chi connectivity index (χ0n) is 9.07. The van der Waals surface area contributed by atoms with E-state index >= 15 is 0 Å². The second-order valence-corrected chi connectivity index (χ2v) is 4.04. The van der Waals surface area contributed by atoms with Crippen LogP contribution >= 0.6 is 23.2 Å². The molecule has 0 saturated heterocycles. The summed E-state index contributed by atoms with van der Waals surface area (Å²) in [5.41, 5.74) is -0.348. The normalized spacial score (nSPS) is 9.61. The molecule has 0 radical (unpaired) electrons. The third kappa shape index (κ3) is 3.36. The lowest BCUT2D eigenvalue weighted by atomic mass is 10.2. The third-order valence-electron chi connectivity index (χ3n) is 2.02. The van der Waals surface area contributed by atoms with E-state index in [1.54, 1.807) is 0 Å². The van der Waals surface area contributed by atoms with Crippen LogP contribution in [0.1, 0.15) is 16.8 Å². The highest BCUT2D eigenvalue weighted by atomic mass is 35.5. The number of non-ortho nitro benzene ring substituents is 1. The zero-order valence-corrected chi connectivity index (χ0v) is 10.6. The topological polar surface area (TPSA) is 72.2 Å². The summed E-state index contributed by atoms with van der Waals surface area (Å²) in [6, 6.07) is 2.15. The lowest BCUT2D eigenvalue weighted by molar-refractivity contribution is -0.384. The van der Waals surface area contributed by atoms with Gasteiger partial charge in [0.15, 0.2) is 0 Å². The maximum Gasteiger partial charge on any atom is 0.271 e. The minimum Gasteiger partial charge on any atom is -0.351 e. The van der Waals surface area contributed by atoms with Gasteiger partial charge in [-0.25, -0.2) is 0 Å². The molecule has 1 amide bonds. The molecule has 1 aromatic rings. The molecule has 1 N–H and O–H groups in total. The number of terminal acetylenes is 1. The molecule has 1 aromatic carbocycles. The minimum atomic E-state index is -0.652. The molecule has 0 aliphatic carbocycles. The molecule has 0 heterocycles. The van der Waals surface area contributed by atoms with Crippen LogP contribution in [0, 0.1) is 22.5 Å². The van der Waals surface area contributed by atoms with Crippen LogP contribution in [-0.2, 0) is 0 Å². The van der Waals surface area contributed by atoms with Crippen LogP contribution < -0.4 is 5.32 Å². The Morgan fingerprint density at radius 2 is 2.17 bits per heavy atom. The molecular weight excluding hydrogens is 279 g/mol. The SMILES string of the molecule is C#CCCNC(=O)c1cc([N+](=O)[O-])cc(Cl)c1Cl. The number of halogens is 2. The molecule has 1 rings (SSSR count). The number of benzene rings is 1. The Balaban J connectivity index is 3.04. The first kappa shape index (κ1) is 14.3. The summed E-state index contributed by atoms with van der Waals surface area (Å²) in [4.78, 5) is 21.7. The van der Waals surface area contributed by atoms with Crippen molar-refractivity contribution in [2.45, 2.75) is 6.42 Å². The second kappa shape index (κ2) is 6.24. The number of nitrogens with zero attached hydrogens (tertiary/aromatic N) is 1. The molecule has 0 bridgehead atoms. The monoisotopic (exact) mass is 286 g/mol. The van der Waals surface area contributed by atoms with E-state index in [0.29, 0.717) is 6.42 Å². The van der Waals surface area contributed by atoms with Crippen molar-refractivity contribution in [3.8, 4) is 12.3 Å². The first-order valence-electron chi connectivity index (χ1n) is 4.82. The zero-order chi connectivity index (χ0) is 13.7. The number of hydrogen-bond donors (Lipinski definition) is 1. The predicted octanol–water partition coefficient (Wildman–Crippen LogP) is 2.65. The average molecular weight is 287 g/mol. The van der Waals surface area contributed by atoms with Crippen LogP contribution in [0.3, 0.4) is 0 Å². The fourth-order valence-corrected chi connectivity index (χ4v) is 1.60. The molecule has 0 unspecified atom stereocenters. The molecule has 94 valence electrons. The predicted molar refractivity (Wildman–Crippen MR) is 68.9 cm³/mol. The molecule has 0 spiro atoms. The van der Waals surface area contributed by atoms with Gasteiger partial charge in [0.05, 0.1) is 20.5 Å². The van der Waals surface area contributed by atoms with Crippen molar-refractivity contribution in [1.29, 1.82) is 0 Å². The van der Waals surface area contributed by atoms with E-state index in [0.717, 1.165) is 12.1 Å². The lowest BCUT2D eigenvalue weighted by Gasteiger charge is -2.06. The quantitative estimate of drug-likeness (QED) is 0.400. The molecule has 0 saturated carbocycles. The van der Waals surface area contributed by atoms with Gasteiger partial charge in [-0.2, -0.15) is 0 Å². The minimum absolute atomic E-state index is 0.0273. The summed E-state index contributed by atoms with van der Waals surface area (Å²) in [5, 5.41) is 13.1. The van der Waals surface area contributed by atoms with E-state index in [1.807, 2.05) is 0 Å². The summed E-state index contributed by atoms with van der Waals surface area (Å²) in [6.45, 7) is 0.256. The highest BCUT2D eigenvalue weighted by molar-refractivity contribution is 6.44. The first-order valence-corrected chi connectivity index (χ1v) is 5.58. The van der Waals surface area contributed by atoms with Crippen molar-refractivity contribution in [3.63, 3.8) is 0 Å². The fourth-order valence-electron chi connectivity index (χ4n) is 1.19. The van der Waals surface area contributed by atoms with Crippen molar-refractivity contribution in [1.82, 2.24) is 5.32 Å². The van der Waals surface area contributed by atoms with Gasteiger partial charge in [-0.1, -0.05) is 23.2 Å². The molecule has 5 nitrogen and oxygen atoms in total. The highest BCUT2D eigenvalue weighted by Gasteiger charge is 2.18. The molecule has 18 heavy (non-hydrogen) atoms. The van der Waals surface area contributed by atoms with Gasteiger partial charge in [0.25, 0.3) is 11.6 Å². The Bertz CT molecular complexity index is 538. The Kier molecular flexibility index (Phi) is 4.95. The Morgan fingerprint density at radius 1 is 1.50 bits per heavy atom. The number of carbonyl (C=O) groups is 1. The molecule has 7 heteroatoms. The Hall–Kier alpha value is -1.77. The van der Waals surface area contributed by atoms with Crippen molar-refractivity contribution in [3.05, 3.63) is 37.9 Å². The smallest absolute Gasteiger partial charge is 0.271 e. The van der Waals surface area contributed by atoms with Gasteiger partial charge in [-0.15, -0.1) is 12.3 Å². The van der Waals surface area contributed by atoms with Crippen LogP contribution in [0.2, 0.25) is 10.0 Å². The van der Waals surface area contributed by atoms with Crippen molar-refractivity contribution < 1.29 is 9.72 Å². The molecule has 0 fully saturated rings. The summed E-state index contributed by atoms with van der Waals surface area (Å²) >= 11 is 11.5. The molecule has 0 atom stereocenters. The van der Waals surface area contributed by atoms with Gasteiger partial charge in [0, 0.05) is 25.1 Å². The van der Waals surface area contributed by atoms with E-state index in [4.69, 9.17) is 29.6 Å². The number of hydrogen-bond acceptors (Lipinski definition) is 3. The van der Waals surface area contributed by atoms with Crippen LogP contribution in [0.25, 0.3) is 0 Å². The Labute approximate surface area is 113 Å². The molecule has 0 aromatic heterocycles. The summed E-state index contributed by atoms with van der Waals surface area (Å²) in [7, 11) is 0. The first-order chi connectivity index (χ1) is 8.47. The molecule has 0 aliphatic rings. The van der Waals surface area contributed by atoms with Gasteiger partial charge in [0.2, 0.25) is 0 Å². The summed E-state index contributed by atoms with van der Waals surface area (Å²) < 4.78 is 0. The van der Waals surface area contributed by atoms with Gasteiger partial charge >= 0.3 is 0 Å². The lowest BCUT2D eigenvalue weighted by Crippen LogP contribution is -2.24. The van der Waals surface area contributed by atoms with E-state index in [9.17, 15) is 14.9 Å². The van der Waals surface area contributed by atoms with Crippen molar-refractivity contribution >= 4 is 34.8 Å². The number of carbonyl (C=O) groups excluding carboxylic acids is 1. The maximum absolute atomic E-state index is 11.7. The fraction of sp³-hybridized carbons (Fsp3) is 0.182. The number of rotatable bonds is 4. The van der Waals surface area contributed by atoms with Crippen LogP contribution in [0.4, 0.5) is 5.69 Å². The van der Waals surface area contributed by atoms with Crippen LogP contribution in [0.5, 0.6) is 0 Å². The van der Waals surface area contributed by atoms with E-state index in [-0.39, 0.29) is 27.8 Å². The van der Waals surface area contributed by atoms with Gasteiger partial charge in [-0.3, -0.25) is 14.9 Å². The largest absolute Gasteiger partial charge is 0.351 e. The second-order valence-electron chi connectivity index (χ2n) is 3.26. The van der Waals surface area contributed by atoms with Gasteiger partial charge in [-0.05, 0) is 0 Å². The van der Waals surface area contributed by atoms with E-state index < -0.39 is 10.8 Å². The number of amides is 1. The van der Waals surface area contributed by atoms with Crippen molar-refractivity contribution in [2.24, 2.45) is 0 Å². The molecular formula is C11H8Cl2N2O3. The number of nitro benzene ring substituents is 1. The van der Waals surface area contributed by atoms with E-state index in [2.05, 4.69) is 11.2 Å². The maximum atomic E-state index is 11.7. The number of nitrogens with one attached hydrogen (secondary N) is 1. The third-order valence-corrected chi connectivity index (χ3v) is 2.83. The van der Waals surface area contributed by atoms with Crippen molar-refractivity contribution in [2.75, 3.05) is 6.54 Å². The number of nitro groups is 1. The Morgan fingerprint density at radius 3 is 2.72 bits per heavy atom. The van der Waals surface area contributed by atoms with E-state index in [1.165, 1.54) is 0 Å². The highest BCUT2D eigenvalue weighted by Crippen LogP contribution is 2.30. The molecule has 0 aliphatic heterocycles. The van der Waals surface area contributed by atoms with Crippen LogP contribution in [-0.4, -0.2) is 17.4 Å². The van der Waals surface area contributed by atoms with Gasteiger partial charge in [0.1, 0.15) is 0 Å².